The van der Waals surface area contributed by atoms with Crippen LogP contribution in [0, 0.1) is 5.92 Å². The van der Waals surface area contributed by atoms with E-state index in [-0.39, 0.29) is 17.8 Å². The van der Waals surface area contributed by atoms with Crippen LogP contribution in [-0.2, 0) is 14.3 Å². The van der Waals surface area contributed by atoms with Crippen molar-refractivity contribution in [2.75, 3.05) is 18.6 Å². The summed E-state index contributed by atoms with van der Waals surface area (Å²) in [5, 5.41) is 2.71. The van der Waals surface area contributed by atoms with Gasteiger partial charge in [-0.2, -0.15) is 11.8 Å². The van der Waals surface area contributed by atoms with Crippen molar-refractivity contribution in [1.82, 2.24) is 5.32 Å². The standard InChI is InChI=1S/C12H23NO3S/c1-5-6-7-17-8-10(14)13-11(9(2)3)12(15)16-4/h9,11H,5-8H2,1-4H3,(H,13,14). The Morgan fingerprint density at radius 1 is 1.35 bits per heavy atom. The summed E-state index contributed by atoms with van der Waals surface area (Å²) in [6.45, 7) is 5.88. The zero-order chi connectivity index (χ0) is 13.3. The number of ether oxygens (including phenoxy) is 1. The number of nitrogens with one attached hydrogen (secondary N) is 1. The minimum atomic E-state index is -0.542. The molecule has 0 fully saturated rings. The van der Waals surface area contributed by atoms with Gasteiger partial charge in [-0.15, -0.1) is 0 Å². The lowest BCUT2D eigenvalue weighted by Gasteiger charge is -2.19. The number of thioether (sulfide) groups is 1. The molecule has 0 spiro atoms. The molecule has 1 N–H and O–H groups in total. The van der Waals surface area contributed by atoms with Crippen LogP contribution in [0.1, 0.15) is 33.6 Å². The third-order valence-electron chi connectivity index (χ3n) is 2.31. The molecule has 0 aromatic rings. The van der Waals surface area contributed by atoms with Crippen LogP contribution < -0.4 is 5.32 Å². The van der Waals surface area contributed by atoms with Crippen LogP contribution in [0.3, 0.4) is 0 Å². The first-order valence-corrected chi connectivity index (χ1v) is 7.13. The van der Waals surface area contributed by atoms with Crippen LogP contribution >= 0.6 is 11.8 Å². The molecule has 0 rings (SSSR count). The van der Waals surface area contributed by atoms with Gasteiger partial charge in [-0.3, -0.25) is 4.79 Å². The second-order valence-electron chi connectivity index (χ2n) is 4.22. The first-order chi connectivity index (χ1) is 8.02. The van der Waals surface area contributed by atoms with Gasteiger partial charge in [0.05, 0.1) is 12.9 Å². The average molecular weight is 261 g/mol. The number of amides is 1. The van der Waals surface area contributed by atoms with Crippen LogP contribution in [0.15, 0.2) is 0 Å². The van der Waals surface area contributed by atoms with Crippen molar-refractivity contribution in [3.05, 3.63) is 0 Å². The normalized spacial score (nSPS) is 12.3. The van der Waals surface area contributed by atoms with E-state index in [9.17, 15) is 9.59 Å². The fourth-order valence-corrected chi connectivity index (χ4v) is 2.16. The predicted molar refractivity (Wildman–Crippen MR) is 71.0 cm³/mol. The number of esters is 1. The molecule has 0 aliphatic carbocycles. The number of carbonyl (C=O) groups excluding carboxylic acids is 2. The zero-order valence-corrected chi connectivity index (χ0v) is 11.9. The van der Waals surface area contributed by atoms with Gasteiger partial charge in [0.2, 0.25) is 5.91 Å². The zero-order valence-electron chi connectivity index (χ0n) is 11.1. The van der Waals surface area contributed by atoms with Crippen molar-refractivity contribution in [2.24, 2.45) is 5.92 Å². The minimum absolute atomic E-state index is 0.0343. The average Bonchev–Trinajstić information content (AvgIpc) is 2.30. The second kappa shape index (κ2) is 9.33. The van der Waals surface area contributed by atoms with Gasteiger partial charge >= 0.3 is 5.97 Å². The summed E-state index contributed by atoms with van der Waals surface area (Å²) in [5.41, 5.74) is 0. The van der Waals surface area contributed by atoms with Crippen molar-refractivity contribution in [2.45, 2.75) is 39.7 Å². The van der Waals surface area contributed by atoms with Gasteiger partial charge in [0, 0.05) is 0 Å². The number of carbonyl (C=O) groups is 2. The van der Waals surface area contributed by atoms with Crippen molar-refractivity contribution in [3.8, 4) is 0 Å². The van der Waals surface area contributed by atoms with E-state index >= 15 is 0 Å². The molecule has 100 valence electrons. The molecule has 0 saturated heterocycles. The highest BCUT2D eigenvalue weighted by molar-refractivity contribution is 7.99. The van der Waals surface area contributed by atoms with Gasteiger partial charge in [-0.25, -0.2) is 4.79 Å². The highest BCUT2D eigenvalue weighted by Gasteiger charge is 2.24. The minimum Gasteiger partial charge on any atom is -0.467 e. The molecule has 4 nitrogen and oxygen atoms in total. The van der Waals surface area contributed by atoms with E-state index in [0.29, 0.717) is 5.75 Å². The molecule has 1 atom stereocenters. The second-order valence-corrected chi connectivity index (χ2v) is 5.32. The fraction of sp³-hybridized carbons (Fsp3) is 0.833. The van der Waals surface area contributed by atoms with E-state index in [1.807, 2.05) is 13.8 Å². The Morgan fingerprint density at radius 3 is 2.47 bits per heavy atom. The van der Waals surface area contributed by atoms with Gasteiger partial charge in [0.15, 0.2) is 0 Å². The number of hydrogen-bond donors (Lipinski definition) is 1. The highest BCUT2D eigenvalue weighted by Crippen LogP contribution is 2.07. The maximum absolute atomic E-state index is 11.6. The van der Waals surface area contributed by atoms with Gasteiger partial charge in [0.25, 0.3) is 0 Å². The van der Waals surface area contributed by atoms with Crippen LogP contribution in [0.25, 0.3) is 0 Å². The van der Waals surface area contributed by atoms with Crippen LogP contribution in [0.4, 0.5) is 0 Å². The van der Waals surface area contributed by atoms with Crippen molar-refractivity contribution in [1.29, 1.82) is 0 Å². The molecule has 0 saturated carbocycles. The van der Waals surface area contributed by atoms with Crippen LogP contribution in [0.5, 0.6) is 0 Å². The first-order valence-electron chi connectivity index (χ1n) is 5.97. The molecular formula is C12H23NO3S. The Labute approximate surface area is 108 Å². The first kappa shape index (κ1) is 16.3. The summed E-state index contributed by atoms with van der Waals surface area (Å²) in [6.07, 6.45) is 2.24. The highest BCUT2D eigenvalue weighted by atomic mass is 32.2. The Bertz CT molecular complexity index is 244. The summed E-state index contributed by atoms with van der Waals surface area (Å²) in [4.78, 5) is 23.0. The Hall–Kier alpha value is -0.710. The van der Waals surface area contributed by atoms with E-state index in [0.717, 1.165) is 18.6 Å². The summed E-state index contributed by atoms with van der Waals surface area (Å²) < 4.78 is 4.66. The van der Waals surface area contributed by atoms with E-state index in [4.69, 9.17) is 0 Å². The maximum Gasteiger partial charge on any atom is 0.328 e. The summed E-state index contributed by atoms with van der Waals surface area (Å²) in [5.74, 6) is 0.934. The van der Waals surface area contributed by atoms with E-state index in [2.05, 4.69) is 17.0 Å². The quantitative estimate of drug-likeness (QED) is 0.535. The third-order valence-corrected chi connectivity index (χ3v) is 3.36. The molecule has 0 aliphatic heterocycles. The summed E-state index contributed by atoms with van der Waals surface area (Å²) in [6, 6.07) is -0.542. The number of rotatable bonds is 8. The van der Waals surface area contributed by atoms with E-state index in [1.165, 1.54) is 7.11 Å². The molecule has 5 heteroatoms. The van der Waals surface area contributed by atoms with Gasteiger partial charge in [0.1, 0.15) is 6.04 Å². The lowest BCUT2D eigenvalue weighted by molar-refractivity contribution is -0.146. The van der Waals surface area contributed by atoms with E-state index < -0.39 is 6.04 Å². The molecule has 0 aliphatic rings. The maximum atomic E-state index is 11.6. The topological polar surface area (TPSA) is 55.4 Å². The van der Waals surface area contributed by atoms with Crippen molar-refractivity contribution < 1.29 is 14.3 Å². The van der Waals surface area contributed by atoms with Crippen LogP contribution in [0.2, 0.25) is 0 Å². The molecular weight excluding hydrogens is 238 g/mol. The lowest BCUT2D eigenvalue weighted by Crippen LogP contribution is -2.45. The smallest absolute Gasteiger partial charge is 0.328 e. The monoisotopic (exact) mass is 261 g/mol. The number of hydrogen-bond acceptors (Lipinski definition) is 4. The molecule has 1 amide bonds. The SMILES string of the molecule is CCCCSCC(=O)NC(C(=O)OC)C(C)C. The molecule has 0 aromatic carbocycles. The van der Waals surface area contributed by atoms with Gasteiger partial charge in [-0.1, -0.05) is 27.2 Å². The van der Waals surface area contributed by atoms with Crippen LogP contribution in [-0.4, -0.2) is 36.5 Å². The number of unbranched alkanes of at least 4 members (excludes halogenated alkanes) is 1. The summed E-state index contributed by atoms with van der Waals surface area (Å²) in [7, 11) is 1.33. The molecule has 0 aromatic heterocycles. The molecule has 0 bridgehead atoms. The third kappa shape index (κ3) is 7.26. The Balaban J connectivity index is 4.00. The molecule has 0 heterocycles. The predicted octanol–water partition coefficient (Wildman–Crippen LogP) is 1.83. The Kier molecular flexibility index (Phi) is 8.94. The number of methoxy groups -OCH3 is 1. The van der Waals surface area contributed by atoms with E-state index in [1.54, 1.807) is 11.8 Å². The van der Waals surface area contributed by atoms with Gasteiger partial charge < -0.3 is 10.1 Å². The molecule has 17 heavy (non-hydrogen) atoms. The van der Waals surface area contributed by atoms with Crippen molar-refractivity contribution >= 4 is 23.6 Å². The van der Waals surface area contributed by atoms with Crippen molar-refractivity contribution in [3.63, 3.8) is 0 Å². The Morgan fingerprint density at radius 2 is 2.00 bits per heavy atom. The molecule has 0 radical (unpaired) electrons. The molecule has 1 unspecified atom stereocenters. The summed E-state index contributed by atoms with van der Waals surface area (Å²) >= 11 is 1.59. The van der Waals surface area contributed by atoms with Gasteiger partial charge in [-0.05, 0) is 18.1 Å². The fourth-order valence-electron chi connectivity index (χ4n) is 1.25. The lowest BCUT2D eigenvalue weighted by atomic mass is 10.1. The largest absolute Gasteiger partial charge is 0.467 e.